The van der Waals surface area contributed by atoms with Crippen LogP contribution < -0.4 is 4.31 Å². The van der Waals surface area contributed by atoms with E-state index in [1.807, 2.05) is 22.2 Å². The molecule has 0 fully saturated rings. The van der Waals surface area contributed by atoms with Gasteiger partial charge in [-0.2, -0.15) is 5.10 Å². The van der Waals surface area contributed by atoms with E-state index in [-0.39, 0.29) is 0 Å². The summed E-state index contributed by atoms with van der Waals surface area (Å²) in [5.41, 5.74) is 4.45. The summed E-state index contributed by atoms with van der Waals surface area (Å²) >= 11 is 4.58. The molecule has 96 valence electrons. The maximum Gasteiger partial charge on any atom is 0.0680 e. The Morgan fingerprint density at radius 1 is 1.05 bits per heavy atom. The van der Waals surface area contributed by atoms with Gasteiger partial charge in [0.2, 0.25) is 0 Å². The maximum absolute atomic E-state index is 4.58. The van der Waals surface area contributed by atoms with E-state index in [9.17, 15) is 0 Å². The molecule has 0 saturated carbocycles. The lowest BCUT2D eigenvalue weighted by molar-refractivity contribution is 0.797. The van der Waals surface area contributed by atoms with Gasteiger partial charge in [0.1, 0.15) is 0 Å². The predicted octanol–water partition coefficient (Wildman–Crippen LogP) is 3.86. The maximum atomic E-state index is 4.58. The number of rotatable bonds is 2. The van der Waals surface area contributed by atoms with E-state index in [1.165, 1.54) is 5.56 Å². The van der Waals surface area contributed by atoms with Crippen molar-refractivity contribution >= 4 is 35.1 Å². The number of nitrogens with zero attached hydrogens (tertiary/aromatic N) is 3. The first-order valence-corrected chi connectivity index (χ1v) is 6.52. The highest BCUT2D eigenvalue weighted by molar-refractivity contribution is 7.82. The highest BCUT2D eigenvalue weighted by Crippen LogP contribution is 2.29. The predicted molar refractivity (Wildman–Crippen MR) is 83.0 cm³/mol. The number of thiol groups is 1. The second-order valence-corrected chi connectivity index (χ2v) is 5.06. The SMILES string of the molecule is Cc1ccc(N(S)c2ccc3c(cnn3C)c2)cc1. The fourth-order valence-corrected chi connectivity index (χ4v) is 2.38. The Labute approximate surface area is 118 Å². The molecule has 1 aromatic heterocycles. The van der Waals surface area contributed by atoms with Crippen molar-refractivity contribution in [2.45, 2.75) is 6.92 Å². The summed E-state index contributed by atoms with van der Waals surface area (Å²) in [7, 11) is 1.94. The fraction of sp³-hybridized carbons (Fsp3) is 0.133. The third-order valence-corrected chi connectivity index (χ3v) is 3.71. The Morgan fingerprint density at radius 3 is 2.47 bits per heavy atom. The average molecular weight is 269 g/mol. The van der Waals surface area contributed by atoms with Crippen LogP contribution in [0.4, 0.5) is 11.4 Å². The van der Waals surface area contributed by atoms with Gasteiger partial charge in [0.15, 0.2) is 0 Å². The lowest BCUT2D eigenvalue weighted by Crippen LogP contribution is -2.01. The van der Waals surface area contributed by atoms with Crippen LogP contribution in [0.3, 0.4) is 0 Å². The van der Waals surface area contributed by atoms with Gasteiger partial charge in [0.25, 0.3) is 0 Å². The highest BCUT2D eigenvalue weighted by atomic mass is 32.1. The number of hydrogen-bond donors (Lipinski definition) is 1. The van der Waals surface area contributed by atoms with E-state index in [1.54, 1.807) is 0 Å². The Bertz CT molecular complexity index is 716. The van der Waals surface area contributed by atoms with Crippen molar-refractivity contribution < 1.29 is 0 Å². The van der Waals surface area contributed by atoms with E-state index < -0.39 is 0 Å². The number of hydrogen-bond acceptors (Lipinski definition) is 3. The van der Waals surface area contributed by atoms with E-state index in [4.69, 9.17) is 0 Å². The molecule has 0 radical (unpaired) electrons. The van der Waals surface area contributed by atoms with Crippen molar-refractivity contribution in [1.29, 1.82) is 0 Å². The van der Waals surface area contributed by atoms with Gasteiger partial charge >= 0.3 is 0 Å². The van der Waals surface area contributed by atoms with Gasteiger partial charge in [-0.15, -0.1) is 0 Å². The zero-order valence-electron chi connectivity index (χ0n) is 10.9. The first-order valence-electron chi connectivity index (χ1n) is 6.12. The molecule has 19 heavy (non-hydrogen) atoms. The summed E-state index contributed by atoms with van der Waals surface area (Å²) in [6.45, 7) is 2.08. The van der Waals surface area contributed by atoms with Crippen LogP contribution in [0.1, 0.15) is 5.56 Å². The summed E-state index contributed by atoms with van der Waals surface area (Å²) in [6.07, 6.45) is 1.87. The van der Waals surface area contributed by atoms with E-state index in [2.05, 4.69) is 67.3 Å². The molecule has 4 heteroatoms. The summed E-state index contributed by atoms with van der Waals surface area (Å²) in [4.78, 5) is 0. The molecule has 0 atom stereocenters. The van der Waals surface area contributed by atoms with Crippen LogP contribution in [-0.2, 0) is 7.05 Å². The van der Waals surface area contributed by atoms with Gasteiger partial charge in [-0.25, -0.2) is 0 Å². The van der Waals surface area contributed by atoms with Gasteiger partial charge in [0, 0.05) is 12.4 Å². The molecule has 2 aromatic carbocycles. The van der Waals surface area contributed by atoms with Crippen molar-refractivity contribution in [2.24, 2.45) is 7.05 Å². The van der Waals surface area contributed by atoms with Crippen LogP contribution in [-0.4, -0.2) is 9.78 Å². The minimum atomic E-state index is 1.03. The second-order valence-electron chi connectivity index (χ2n) is 4.66. The first-order chi connectivity index (χ1) is 9.15. The van der Waals surface area contributed by atoms with Gasteiger partial charge in [-0.05, 0) is 37.3 Å². The van der Waals surface area contributed by atoms with Crippen LogP contribution in [0.25, 0.3) is 10.9 Å². The van der Waals surface area contributed by atoms with Gasteiger partial charge in [0.05, 0.1) is 23.1 Å². The van der Waals surface area contributed by atoms with Crippen LogP contribution in [0.5, 0.6) is 0 Å². The molecular formula is C15H15N3S. The Morgan fingerprint density at radius 2 is 1.74 bits per heavy atom. The molecule has 0 saturated heterocycles. The standard InChI is InChI=1S/C15H15N3S/c1-11-3-5-13(6-4-11)18(19)14-7-8-15-12(9-14)10-16-17(15)2/h3-10,19H,1-2H3. The number of benzene rings is 2. The zero-order valence-corrected chi connectivity index (χ0v) is 11.8. The summed E-state index contributed by atoms with van der Waals surface area (Å²) in [5.74, 6) is 0. The molecule has 0 aliphatic rings. The van der Waals surface area contributed by atoms with E-state index >= 15 is 0 Å². The van der Waals surface area contributed by atoms with Crippen LogP contribution in [0, 0.1) is 6.92 Å². The van der Waals surface area contributed by atoms with Crippen LogP contribution in [0.15, 0.2) is 48.7 Å². The molecule has 0 aliphatic carbocycles. The number of anilines is 2. The summed E-state index contributed by atoms with van der Waals surface area (Å²) < 4.78 is 3.75. The molecule has 0 spiro atoms. The molecule has 0 aliphatic heterocycles. The Hall–Kier alpha value is -1.94. The van der Waals surface area contributed by atoms with Gasteiger partial charge < -0.3 is 0 Å². The third kappa shape index (κ3) is 2.19. The number of fused-ring (bicyclic) bond motifs is 1. The van der Waals surface area contributed by atoms with Gasteiger partial charge in [-0.1, -0.05) is 30.5 Å². The topological polar surface area (TPSA) is 21.1 Å². The Kier molecular flexibility index (Phi) is 2.95. The normalized spacial score (nSPS) is 10.9. The zero-order chi connectivity index (χ0) is 13.4. The smallest absolute Gasteiger partial charge is 0.0680 e. The average Bonchev–Trinajstić information content (AvgIpc) is 2.80. The largest absolute Gasteiger partial charge is 0.287 e. The van der Waals surface area contributed by atoms with Crippen LogP contribution in [0.2, 0.25) is 0 Å². The fourth-order valence-electron chi connectivity index (χ4n) is 2.12. The van der Waals surface area contributed by atoms with Crippen molar-refractivity contribution in [1.82, 2.24) is 9.78 Å². The van der Waals surface area contributed by atoms with Crippen molar-refractivity contribution in [2.75, 3.05) is 4.31 Å². The van der Waals surface area contributed by atoms with E-state index in [0.717, 1.165) is 22.3 Å². The second kappa shape index (κ2) is 4.63. The summed E-state index contributed by atoms with van der Waals surface area (Å²) in [6, 6.07) is 14.5. The summed E-state index contributed by atoms with van der Waals surface area (Å²) in [5, 5.41) is 5.37. The van der Waals surface area contributed by atoms with Crippen molar-refractivity contribution in [3.63, 3.8) is 0 Å². The van der Waals surface area contributed by atoms with Gasteiger partial charge in [-0.3, -0.25) is 8.99 Å². The molecule has 3 rings (SSSR count). The molecular weight excluding hydrogens is 254 g/mol. The lowest BCUT2D eigenvalue weighted by atomic mass is 10.2. The molecule has 0 N–H and O–H groups in total. The minimum absolute atomic E-state index is 1.03. The number of aryl methyl sites for hydroxylation is 2. The molecule has 0 amide bonds. The highest BCUT2D eigenvalue weighted by Gasteiger charge is 2.07. The molecule has 0 unspecified atom stereocenters. The minimum Gasteiger partial charge on any atom is -0.287 e. The van der Waals surface area contributed by atoms with E-state index in [0.29, 0.717) is 0 Å². The monoisotopic (exact) mass is 269 g/mol. The first kappa shape index (κ1) is 12.1. The number of aromatic nitrogens is 2. The molecule has 3 aromatic rings. The quantitative estimate of drug-likeness (QED) is 0.713. The third-order valence-electron chi connectivity index (χ3n) is 3.25. The van der Waals surface area contributed by atoms with Crippen molar-refractivity contribution in [3.8, 4) is 0 Å². The molecule has 3 nitrogen and oxygen atoms in total. The van der Waals surface area contributed by atoms with Crippen molar-refractivity contribution in [3.05, 3.63) is 54.2 Å². The lowest BCUT2D eigenvalue weighted by Gasteiger charge is -2.18. The van der Waals surface area contributed by atoms with Crippen LogP contribution >= 0.6 is 12.8 Å². The Balaban J connectivity index is 2.01. The molecule has 0 bridgehead atoms. The molecule has 1 heterocycles.